The van der Waals surface area contributed by atoms with Crippen molar-refractivity contribution in [2.45, 2.75) is 57.2 Å². The molecule has 0 bridgehead atoms. The number of amides is 1. The predicted octanol–water partition coefficient (Wildman–Crippen LogP) is 3.19. The lowest BCUT2D eigenvalue weighted by atomic mass is 9.74. The maximum absolute atomic E-state index is 12.5. The van der Waals surface area contributed by atoms with Crippen LogP contribution in [-0.2, 0) is 4.79 Å². The second-order valence-electron chi connectivity index (χ2n) is 5.61. The molecule has 1 aliphatic carbocycles. The summed E-state index contributed by atoms with van der Waals surface area (Å²) in [5.41, 5.74) is -0.0911. The number of hydrogen-bond donors (Lipinski definition) is 0. The first-order valence-electron chi connectivity index (χ1n) is 6.55. The molecule has 2 fully saturated rings. The fraction of sp³-hybridized carbons (Fsp3) is 0.923. The first kappa shape index (κ1) is 12.2. The van der Waals surface area contributed by atoms with E-state index in [1.807, 2.05) is 4.90 Å². The maximum atomic E-state index is 12.5. The van der Waals surface area contributed by atoms with Gasteiger partial charge in [-0.3, -0.25) is 4.79 Å². The van der Waals surface area contributed by atoms with Crippen molar-refractivity contribution < 1.29 is 4.79 Å². The first-order chi connectivity index (χ1) is 7.62. The molecule has 92 valence electrons. The van der Waals surface area contributed by atoms with Crippen molar-refractivity contribution in [1.82, 2.24) is 4.90 Å². The zero-order chi connectivity index (χ0) is 11.6. The summed E-state index contributed by atoms with van der Waals surface area (Å²) < 4.78 is 0. The lowest BCUT2D eigenvalue weighted by Gasteiger charge is -2.39. The van der Waals surface area contributed by atoms with Gasteiger partial charge in [0.25, 0.3) is 0 Å². The van der Waals surface area contributed by atoms with Crippen LogP contribution in [0.4, 0.5) is 0 Å². The van der Waals surface area contributed by atoms with Crippen molar-refractivity contribution in [3.05, 3.63) is 0 Å². The molecule has 2 rings (SSSR count). The molecule has 1 heterocycles. The standard InChI is InChI=1S/C13H22ClNO/c1-13(7-3-2-4-8-13)12(16)15-9-5-6-11(14)10-15/h11H,2-10H2,1H3. The summed E-state index contributed by atoms with van der Waals surface area (Å²) in [5, 5.41) is 0.171. The van der Waals surface area contributed by atoms with E-state index in [2.05, 4.69) is 6.92 Å². The van der Waals surface area contributed by atoms with Gasteiger partial charge in [-0.1, -0.05) is 26.2 Å². The minimum atomic E-state index is -0.0911. The SMILES string of the molecule is CC1(C(=O)N2CCCC(Cl)C2)CCCCC1. The summed E-state index contributed by atoms with van der Waals surface area (Å²) in [6.45, 7) is 3.82. The van der Waals surface area contributed by atoms with Gasteiger partial charge in [0.2, 0.25) is 5.91 Å². The van der Waals surface area contributed by atoms with Crippen LogP contribution >= 0.6 is 11.6 Å². The third-order valence-electron chi connectivity index (χ3n) is 4.12. The van der Waals surface area contributed by atoms with Crippen molar-refractivity contribution in [1.29, 1.82) is 0 Å². The molecule has 1 aliphatic heterocycles. The van der Waals surface area contributed by atoms with Gasteiger partial charge in [0, 0.05) is 18.5 Å². The van der Waals surface area contributed by atoms with Crippen LogP contribution in [0.2, 0.25) is 0 Å². The van der Waals surface area contributed by atoms with Gasteiger partial charge in [-0.25, -0.2) is 0 Å². The summed E-state index contributed by atoms with van der Waals surface area (Å²) in [4.78, 5) is 14.5. The molecule has 1 saturated heterocycles. The Morgan fingerprint density at radius 2 is 1.94 bits per heavy atom. The molecule has 0 N–H and O–H groups in total. The topological polar surface area (TPSA) is 20.3 Å². The van der Waals surface area contributed by atoms with Crippen LogP contribution in [0.3, 0.4) is 0 Å². The number of likely N-dealkylation sites (tertiary alicyclic amines) is 1. The molecular formula is C13H22ClNO. The summed E-state index contributed by atoms with van der Waals surface area (Å²) in [7, 11) is 0. The van der Waals surface area contributed by atoms with E-state index < -0.39 is 0 Å². The monoisotopic (exact) mass is 243 g/mol. The Bertz CT molecular complexity index is 261. The molecule has 0 aromatic heterocycles. The Hall–Kier alpha value is -0.240. The van der Waals surface area contributed by atoms with Crippen LogP contribution in [0, 0.1) is 5.41 Å². The molecule has 0 aromatic rings. The zero-order valence-electron chi connectivity index (χ0n) is 10.2. The fourth-order valence-electron chi connectivity index (χ4n) is 3.04. The molecule has 1 amide bonds. The van der Waals surface area contributed by atoms with Crippen LogP contribution in [0.15, 0.2) is 0 Å². The van der Waals surface area contributed by atoms with Crippen LogP contribution in [0.25, 0.3) is 0 Å². The Morgan fingerprint density at radius 1 is 1.25 bits per heavy atom. The van der Waals surface area contributed by atoms with Gasteiger partial charge >= 0.3 is 0 Å². The van der Waals surface area contributed by atoms with E-state index >= 15 is 0 Å². The van der Waals surface area contributed by atoms with Crippen molar-refractivity contribution in [3.8, 4) is 0 Å². The van der Waals surface area contributed by atoms with Gasteiger partial charge in [-0.2, -0.15) is 0 Å². The van der Waals surface area contributed by atoms with E-state index in [1.165, 1.54) is 19.3 Å². The molecule has 0 aromatic carbocycles. The molecule has 2 nitrogen and oxygen atoms in total. The zero-order valence-corrected chi connectivity index (χ0v) is 10.9. The molecule has 16 heavy (non-hydrogen) atoms. The van der Waals surface area contributed by atoms with Gasteiger partial charge in [0.1, 0.15) is 0 Å². The van der Waals surface area contributed by atoms with Gasteiger partial charge < -0.3 is 4.90 Å². The summed E-state index contributed by atoms with van der Waals surface area (Å²) in [5.74, 6) is 0.359. The van der Waals surface area contributed by atoms with E-state index in [9.17, 15) is 4.79 Å². The lowest BCUT2D eigenvalue weighted by Crippen LogP contribution is -2.48. The van der Waals surface area contributed by atoms with Crippen molar-refractivity contribution in [3.63, 3.8) is 0 Å². The van der Waals surface area contributed by atoms with E-state index in [1.54, 1.807) is 0 Å². The molecule has 0 radical (unpaired) electrons. The summed E-state index contributed by atoms with van der Waals surface area (Å²) in [6, 6.07) is 0. The van der Waals surface area contributed by atoms with Gasteiger partial charge in [-0.05, 0) is 25.7 Å². The molecule has 1 unspecified atom stereocenters. The van der Waals surface area contributed by atoms with E-state index in [-0.39, 0.29) is 10.8 Å². The van der Waals surface area contributed by atoms with Crippen LogP contribution in [0.1, 0.15) is 51.9 Å². The molecular weight excluding hydrogens is 222 g/mol. The highest BCUT2D eigenvalue weighted by Gasteiger charge is 2.38. The molecule has 1 saturated carbocycles. The molecule has 2 aliphatic rings. The highest BCUT2D eigenvalue weighted by atomic mass is 35.5. The number of halogens is 1. The van der Waals surface area contributed by atoms with Crippen LogP contribution < -0.4 is 0 Å². The number of carbonyl (C=O) groups excluding carboxylic acids is 1. The minimum Gasteiger partial charge on any atom is -0.341 e. The third kappa shape index (κ3) is 2.53. The fourth-order valence-corrected chi connectivity index (χ4v) is 3.36. The van der Waals surface area contributed by atoms with Gasteiger partial charge in [0.05, 0.1) is 5.38 Å². The second kappa shape index (κ2) is 4.95. The Morgan fingerprint density at radius 3 is 2.56 bits per heavy atom. The first-order valence-corrected chi connectivity index (χ1v) is 6.99. The predicted molar refractivity (Wildman–Crippen MR) is 66.6 cm³/mol. The summed E-state index contributed by atoms with van der Waals surface area (Å²) in [6.07, 6.45) is 7.96. The van der Waals surface area contributed by atoms with E-state index in [4.69, 9.17) is 11.6 Å². The van der Waals surface area contributed by atoms with Gasteiger partial charge in [-0.15, -0.1) is 11.6 Å². The number of nitrogens with zero attached hydrogens (tertiary/aromatic N) is 1. The average molecular weight is 244 g/mol. The quantitative estimate of drug-likeness (QED) is 0.648. The molecule has 1 atom stereocenters. The highest BCUT2D eigenvalue weighted by Crippen LogP contribution is 2.38. The average Bonchev–Trinajstić information content (AvgIpc) is 2.29. The number of alkyl halides is 1. The Balaban J connectivity index is 1.99. The molecule has 3 heteroatoms. The van der Waals surface area contributed by atoms with Crippen molar-refractivity contribution in [2.24, 2.45) is 5.41 Å². The number of rotatable bonds is 1. The number of carbonyl (C=O) groups is 1. The smallest absolute Gasteiger partial charge is 0.228 e. The maximum Gasteiger partial charge on any atom is 0.228 e. The minimum absolute atomic E-state index is 0.0911. The van der Waals surface area contributed by atoms with E-state index in [0.29, 0.717) is 5.91 Å². The lowest BCUT2D eigenvalue weighted by molar-refractivity contribution is -0.144. The Labute approximate surface area is 103 Å². The number of piperidine rings is 1. The third-order valence-corrected chi connectivity index (χ3v) is 4.48. The second-order valence-corrected chi connectivity index (χ2v) is 6.23. The Kier molecular flexibility index (Phi) is 3.78. The van der Waals surface area contributed by atoms with Crippen molar-refractivity contribution in [2.75, 3.05) is 13.1 Å². The molecule has 0 spiro atoms. The van der Waals surface area contributed by atoms with E-state index in [0.717, 1.165) is 38.8 Å². The van der Waals surface area contributed by atoms with Crippen LogP contribution in [-0.4, -0.2) is 29.3 Å². The summed E-state index contributed by atoms with van der Waals surface area (Å²) >= 11 is 6.15. The van der Waals surface area contributed by atoms with Crippen molar-refractivity contribution >= 4 is 17.5 Å². The number of hydrogen-bond acceptors (Lipinski definition) is 1. The normalized spacial score (nSPS) is 30.1. The van der Waals surface area contributed by atoms with Crippen LogP contribution in [0.5, 0.6) is 0 Å². The van der Waals surface area contributed by atoms with Gasteiger partial charge in [0.15, 0.2) is 0 Å². The highest BCUT2D eigenvalue weighted by molar-refractivity contribution is 6.20. The largest absolute Gasteiger partial charge is 0.341 e.